The number of aliphatic hydroxyl groups excluding tert-OH is 1. The van der Waals surface area contributed by atoms with E-state index in [1.807, 2.05) is 6.07 Å². The summed E-state index contributed by atoms with van der Waals surface area (Å²) in [5.74, 6) is 0. The number of halogens is 1. The molecule has 1 aromatic carbocycles. The number of hydrogen-bond donors (Lipinski definition) is 2. The molecule has 0 aliphatic heterocycles. The molecule has 2 N–H and O–H groups in total. The van der Waals surface area contributed by atoms with Crippen molar-refractivity contribution < 1.29 is 13.5 Å². The molecule has 7 heteroatoms. The zero-order chi connectivity index (χ0) is 15.0. The standard InChI is InChI=1S/C13H17ClN2O3S/c14-12-6-5-11(10-15)9-13(12)20(18,19)16-7-3-1-2-4-8-17/h5-6,9,16-17H,1-4,7-8H2. The summed E-state index contributed by atoms with van der Waals surface area (Å²) in [7, 11) is -3.70. The van der Waals surface area contributed by atoms with Crippen molar-refractivity contribution in [3.8, 4) is 6.07 Å². The predicted molar refractivity (Wildman–Crippen MR) is 76.9 cm³/mol. The van der Waals surface area contributed by atoms with Gasteiger partial charge in [-0.3, -0.25) is 0 Å². The van der Waals surface area contributed by atoms with Crippen LogP contribution in [0.15, 0.2) is 23.1 Å². The van der Waals surface area contributed by atoms with E-state index in [2.05, 4.69) is 4.72 Å². The van der Waals surface area contributed by atoms with E-state index in [9.17, 15) is 8.42 Å². The second-order valence-electron chi connectivity index (χ2n) is 4.29. The Morgan fingerprint density at radius 2 is 1.95 bits per heavy atom. The third-order valence-corrected chi connectivity index (χ3v) is 4.67. The van der Waals surface area contributed by atoms with Crippen LogP contribution in [0.2, 0.25) is 5.02 Å². The molecule has 1 rings (SSSR count). The molecule has 0 aromatic heterocycles. The van der Waals surface area contributed by atoms with Gasteiger partial charge in [0.2, 0.25) is 10.0 Å². The van der Waals surface area contributed by atoms with Crippen LogP contribution in [0.25, 0.3) is 0 Å². The molecule has 0 saturated carbocycles. The van der Waals surface area contributed by atoms with E-state index in [-0.39, 0.29) is 22.1 Å². The third kappa shape index (κ3) is 5.10. The van der Waals surface area contributed by atoms with Gasteiger partial charge >= 0.3 is 0 Å². The summed E-state index contributed by atoms with van der Waals surface area (Å²) in [5, 5.41) is 17.5. The van der Waals surface area contributed by atoms with Crippen molar-refractivity contribution in [3.05, 3.63) is 28.8 Å². The zero-order valence-corrected chi connectivity index (χ0v) is 12.5. The normalized spacial score (nSPS) is 11.2. The van der Waals surface area contributed by atoms with Gasteiger partial charge in [0.25, 0.3) is 0 Å². The fourth-order valence-electron chi connectivity index (χ4n) is 1.65. The number of nitriles is 1. The van der Waals surface area contributed by atoms with Crippen LogP contribution in [-0.2, 0) is 10.0 Å². The fraction of sp³-hybridized carbons (Fsp3) is 0.462. The van der Waals surface area contributed by atoms with Crippen molar-refractivity contribution in [1.29, 1.82) is 5.26 Å². The second-order valence-corrected chi connectivity index (χ2v) is 6.44. The van der Waals surface area contributed by atoms with Gasteiger partial charge in [-0.1, -0.05) is 24.4 Å². The molecule has 5 nitrogen and oxygen atoms in total. The minimum absolute atomic E-state index is 0.0754. The molecule has 110 valence electrons. The van der Waals surface area contributed by atoms with E-state index in [0.717, 1.165) is 19.3 Å². The minimum atomic E-state index is -3.70. The highest BCUT2D eigenvalue weighted by atomic mass is 35.5. The maximum atomic E-state index is 12.1. The van der Waals surface area contributed by atoms with Gasteiger partial charge in [0, 0.05) is 13.2 Å². The van der Waals surface area contributed by atoms with E-state index < -0.39 is 10.0 Å². The van der Waals surface area contributed by atoms with E-state index >= 15 is 0 Å². The van der Waals surface area contributed by atoms with Gasteiger partial charge in [-0.05, 0) is 31.0 Å². The second kappa shape index (κ2) is 8.22. The zero-order valence-electron chi connectivity index (χ0n) is 11.0. The first-order valence-corrected chi connectivity index (χ1v) is 8.17. The summed E-state index contributed by atoms with van der Waals surface area (Å²) in [6, 6.07) is 6.01. The van der Waals surface area contributed by atoms with E-state index in [1.54, 1.807) is 0 Å². The van der Waals surface area contributed by atoms with Crippen LogP contribution in [-0.4, -0.2) is 26.7 Å². The molecule has 0 heterocycles. The lowest BCUT2D eigenvalue weighted by Gasteiger charge is -2.08. The molecular formula is C13H17ClN2O3S. The molecule has 0 amide bonds. The Morgan fingerprint density at radius 3 is 2.60 bits per heavy atom. The molecule has 0 aliphatic rings. The van der Waals surface area contributed by atoms with Crippen LogP contribution in [0.4, 0.5) is 0 Å². The Kier molecular flexibility index (Phi) is 6.96. The lowest BCUT2D eigenvalue weighted by Crippen LogP contribution is -2.25. The summed E-state index contributed by atoms with van der Waals surface area (Å²) in [5.41, 5.74) is 0.248. The third-order valence-electron chi connectivity index (χ3n) is 2.73. The average Bonchev–Trinajstić information content (AvgIpc) is 2.43. The fourth-order valence-corrected chi connectivity index (χ4v) is 3.25. The van der Waals surface area contributed by atoms with Crippen LogP contribution in [0.1, 0.15) is 31.2 Å². The van der Waals surface area contributed by atoms with Gasteiger partial charge in [0.15, 0.2) is 0 Å². The molecule has 0 unspecified atom stereocenters. The highest BCUT2D eigenvalue weighted by Crippen LogP contribution is 2.22. The number of nitrogens with one attached hydrogen (secondary N) is 1. The van der Waals surface area contributed by atoms with Crippen molar-refractivity contribution in [1.82, 2.24) is 4.72 Å². The van der Waals surface area contributed by atoms with Gasteiger partial charge in [-0.25, -0.2) is 13.1 Å². The van der Waals surface area contributed by atoms with Crippen molar-refractivity contribution in [2.24, 2.45) is 0 Å². The van der Waals surface area contributed by atoms with Crippen LogP contribution < -0.4 is 4.72 Å². The van der Waals surface area contributed by atoms with Gasteiger partial charge in [0.1, 0.15) is 4.90 Å². The van der Waals surface area contributed by atoms with Gasteiger partial charge in [-0.2, -0.15) is 5.26 Å². The number of aliphatic hydroxyl groups is 1. The summed E-state index contributed by atoms with van der Waals surface area (Å²) in [4.78, 5) is -0.0754. The van der Waals surface area contributed by atoms with Crippen LogP contribution in [0, 0.1) is 11.3 Å². The lowest BCUT2D eigenvalue weighted by atomic mass is 10.2. The van der Waals surface area contributed by atoms with Gasteiger partial charge < -0.3 is 5.11 Å². The van der Waals surface area contributed by atoms with Crippen molar-refractivity contribution in [2.45, 2.75) is 30.6 Å². The number of unbranched alkanes of at least 4 members (excludes halogenated alkanes) is 3. The summed E-state index contributed by atoms with van der Waals surface area (Å²) in [6.45, 7) is 0.461. The lowest BCUT2D eigenvalue weighted by molar-refractivity contribution is 0.282. The highest BCUT2D eigenvalue weighted by molar-refractivity contribution is 7.89. The Hall–Kier alpha value is -1.13. The smallest absolute Gasteiger partial charge is 0.242 e. The summed E-state index contributed by atoms with van der Waals surface area (Å²) >= 11 is 5.86. The minimum Gasteiger partial charge on any atom is -0.396 e. The van der Waals surface area contributed by atoms with Crippen molar-refractivity contribution in [2.75, 3.05) is 13.2 Å². The quantitative estimate of drug-likeness (QED) is 0.718. The van der Waals surface area contributed by atoms with E-state index in [1.165, 1.54) is 18.2 Å². The molecule has 0 spiro atoms. The molecule has 0 saturated heterocycles. The Bertz CT molecular complexity index is 582. The number of hydrogen-bond acceptors (Lipinski definition) is 4. The van der Waals surface area contributed by atoms with Crippen molar-refractivity contribution >= 4 is 21.6 Å². The largest absolute Gasteiger partial charge is 0.396 e. The number of nitrogens with zero attached hydrogens (tertiary/aromatic N) is 1. The molecule has 0 fully saturated rings. The monoisotopic (exact) mass is 316 g/mol. The van der Waals surface area contributed by atoms with E-state index in [4.69, 9.17) is 22.0 Å². The average molecular weight is 317 g/mol. The highest BCUT2D eigenvalue weighted by Gasteiger charge is 2.17. The Labute approximate surface area is 124 Å². The van der Waals surface area contributed by atoms with Gasteiger partial charge in [-0.15, -0.1) is 0 Å². The molecular weight excluding hydrogens is 300 g/mol. The van der Waals surface area contributed by atoms with E-state index in [0.29, 0.717) is 13.0 Å². The molecule has 0 bridgehead atoms. The molecule has 1 aromatic rings. The summed E-state index contributed by atoms with van der Waals surface area (Å²) in [6.07, 6.45) is 3.12. The molecule has 0 atom stereocenters. The Balaban J connectivity index is 2.63. The first-order valence-electron chi connectivity index (χ1n) is 6.31. The number of rotatable bonds is 8. The maximum absolute atomic E-state index is 12.1. The maximum Gasteiger partial charge on any atom is 0.242 e. The SMILES string of the molecule is N#Cc1ccc(Cl)c(S(=O)(=O)NCCCCCCO)c1. The predicted octanol–water partition coefficient (Wildman–Crippen LogP) is 2.04. The van der Waals surface area contributed by atoms with Gasteiger partial charge in [0.05, 0.1) is 16.7 Å². The van der Waals surface area contributed by atoms with Crippen LogP contribution in [0.5, 0.6) is 0 Å². The van der Waals surface area contributed by atoms with Crippen LogP contribution in [0.3, 0.4) is 0 Å². The number of sulfonamides is 1. The first kappa shape index (κ1) is 16.9. The van der Waals surface area contributed by atoms with Crippen LogP contribution >= 0.6 is 11.6 Å². The Morgan fingerprint density at radius 1 is 1.25 bits per heavy atom. The van der Waals surface area contributed by atoms with Crippen molar-refractivity contribution in [3.63, 3.8) is 0 Å². The summed E-state index contributed by atoms with van der Waals surface area (Å²) < 4.78 is 26.6. The molecule has 0 aliphatic carbocycles. The molecule has 0 radical (unpaired) electrons. The first-order chi connectivity index (χ1) is 9.51. The molecule has 20 heavy (non-hydrogen) atoms. The topological polar surface area (TPSA) is 90.2 Å². The number of benzene rings is 1.